The van der Waals surface area contributed by atoms with Gasteiger partial charge in [-0.15, -0.1) is 0 Å². The average molecular weight is 435 g/mol. The van der Waals surface area contributed by atoms with Gasteiger partial charge in [-0.25, -0.2) is 0 Å². The molecule has 0 aromatic carbocycles. The summed E-state index contributed by atoms with van der Waals surface area (Å²) >= 11 is 0. The van der Waals surface area contributed by atoms with Gasteiger partial charge >= 0.3 is 0 Å². The highest BCUT2D eigenvalue weighted by molar-refractivity contribution is 5.81. The molecule has 31 heavy (non-hydrogen) atoms. The third kappa shape index (κ3) is 3.97. The van der Waals surface area contributed by atoms with Crippen LogP contribution < -0.4 is 0 Å². The molecule has 4 saturated carbocycles. The van der Waals surface area contributed by atoms with Crippen molar-refractivity contribution in [1.29, 1.82) is 0 Å². The van der Waals surface area contributed by atoms with Crippen LogP contribution in [-0.2, 0) is 4.84 Å². The van der Waals surface area contributed by atoms with Gasteiger partial charge in [0.05, 0.1) is 17.4 Å². The van der Waals surface area contributed by atoms with Crippen LogP contribution in [0.4, 0.5) is 0 Å². The maximum Gasteiger partial charge on any atom is 0.129 e. The third-order valence-electron chi connectivity index (χ3n) is 10.4. The van der Waals surface area contributed by atoms with E-state index in [0.29, 0.717) is 35.7 Å². The van der Waals surface area contributed by atoms with E-state index in [1.807, 2.05) is 14.1 Å². The Labute approximate surface area is 189 Å². The molecule has 0 saturated heterocycles. The normalized spacial score (nSPS) is 47.6. The van der Waals surface area contributed by atoms with Gasteiger partial charge in [-0.1, -0.05) is 19.0 Å². The van der Waals surface area contributed by atoms with Gasteiger partial charge in [-0.3, -0.25) is 0 Å². The maximum atomic E-state index is 12.3. The molecule has 8 atom stereocenters. The standard InChI is InChI=1S/C26H46N2O3/c1-18(27-31-15-14-28(4)5)16-20-8-13-26(30)23-7-6-19-17-21(29)9-11-24(19,2)22(23)10-12-25(20,26)3/h19-23,29-30H,6-17H2,1-5H3/t19?,20?,21?,22-,23-,24+,25-,26-/m1/s1. The predicted octanol–water partition coefficient (Wildman–Crippen LogP) is 4.47. The topological polar surface area (TPSA) is 65.3 Å². The molecule has 5 heteroatoms. The Kier molecular flexibility index (Phi) is 6.53. The lowest BCUT2D eigenvalue weighted by atomic mass is 9.43. The summed E-state index contributed by atoms with van der Waals surface area (Å²) in [6.45, 7) is 8.44. The predicted molar refractivity (Wildman–Crippen MR) is 125 cm³/mol. The summed E-state index contributed by atoms with van der Waals surface area (Å²) in [6.07, 6.45) is 10.6. The summed E-state index contributed by atoms with van der Waals surface area (Å²) in [6, 6.07) is 0. The number of aliphatic hydroxyl groups is 2. The lowest BCUT2D eigenvalue weighted by Crippen LogP contribution is -2.62. The average Bonchev–Trinajstić information content (AvgIpc) is 2.97. The molecule has 4 aliphatic rings. The first-order valence-electron chi connectivity index (χ1n) is 12.8. The first kappa shape index (κ1) is 23.5. The molecule has 0 heterocycles. The fourth-order valence-electron chi connectivity index (χ4n) is 8.41. The second-order valence-electron chi connectivity index (χ2n) is 12.2. The van der Waals surface area contributed by atoms with Gasteiger partial charge in [0.15, 0.2) is 0 Å². The number of hydrogen-bond donors (Lipinski definition) is 2. The second kappa shape index (κ2) is 8.61. The lowest BCUT2D eigenvalue weighted by Gasteiger charge is -2.63. The van der Waals surface area contributed by atoms with Gasteiger partial charge in [-0.05, 0) is 120 Å². The minimum Gasteiger partial charge on any atom is -0.394 e. The summed E-state index contributed by atoms with van der Waals surface area (Å²) in [5, 5.41) is 26.9. The van der Waals surface area contributed by atoms with E-state index in [1.165, 1.54) is 12.8 Å². The molecule has 0 aliphatic heterocycles. The van der Waals surface area contributed by atoms with Gasteiger partial charge in [0, 0.05) is 6.54 Å². The van der Waals surface area contributed by atoms with E-state index < -0.39 is 5.60 Å². The highest BCUT2D eigenvalue weighted by Gasteiger charge is 2.66. The molecule has 2 N–H and O–H groups in total. The van der Waals surface area contributed by atoms with Gasteiger partial charge in [0.1, 0.15) is 6.61 Å². The molecule has 4 fully saturated rings. The zero-order valence-electron chi connectivity index (χ0n) is 20.6. The molecule has 0 radical (unpaired) electrons. The Morgan fingerprint density at radius 2 is 1.81 bits per heavy atom. The smallest absolute Gasteiger partial charge is 0.129 e. The Morgan fingerprint density at radius 1 is 1.03 bits per heavy atom. The first-order chi connectivity index (χ1) is 14.6. The van der Waals surface area contributed by atoms with E-state index in [9.17, 15) is 10.2 Å². The lowest BCUT2D eigenvalue weighted by molar-refractivity contribution is -0.209. The fraction of sp³-hybridized carbons (Fsp3) is 0.962. The van der Waals surface area contributed by atoms with Crippen molar-refractivity contribution in [2.24, 2.45) is 39.7 Å². The summed E-state index contributed by atoms with van der Waals surface area (Å²) < 4.78 is 0. The number of nitrogens with zero attached hydrogens (tertiary/aromatic N) is 2. The van der Waals surface area contributed by atoms with Gasteiger partial charge in [0.25, 0.3) is 0 Å². The zero-order chi connectivity index (χ0) is 22.4. The Hall–Kier alpha value is -0.650. The van der Waals surface area contributed by atoms with Gasteiger partial charge in [-0.2, -0.15) is 0 Å². The number of hydrogen-bond acceptors (Lipinski definition) is 5. The third-order valence-corrected chi connectivity index (χ3v) is 10.4. The van der Waals surface area contributed by atoms with E-state index in [0.717, 1.165) is 63.6 Å². The number of aliphatic hydroxyl groups excluding tert-OH is 1. The summed E-state index contributed by atoms with van der Waals surface area (Å²) in [4.78, 5) is 7.64. The first-order valence-corrected chi connectivity index (χ1v) is 12.8. The van der Waals surface area contributed by atoms with E-state index in [2.05, 4.69) is 30.8 Å². The Bertz CT molecular complexity index is 682. The van der Waals surface area contributed by atoms with Crippen molar-refractivity contribution in [2.75, 3.05) is 27.2 Å². The molecule has 3 unspecified atom stereocenters. The van der Waals surface area contributed by atoms with Crippen molar-refractivity contribution >= 4 is 5.71 Å². The second-order valence-corrected chi connectivity index (χ2v) is 12.2. The minimum absolute atomic E-state index is 0.0219. The van der Waals surface area contributed by atoms with Gasteiger partial charge < -0.3 is 20.0 Å². The summed E-state index contributed by atoms with van der Waals surface area (Å²) in [5.74, 6) is 2.15. The SMILES string of the molecule is CC(CC1CC[C@@]2(O)[C@@H]3CCC4CC(O)CC[C@]4(C)[C@@H]3CC[C@]12C)=NOCCN(C)C. The van der Waals surface area contributed by atoms with Crippen LogP contribution in [0.25, 0.3) is 0 Å². The quantitative estimate of drug-likeness (QED) is 0.368. The van der Waals surface area contributed by atoms with Crippen LogP contribution in [0.15, 0.2) is 5.16 Å². The van der Waals surface area contributed by atoms with Crippen molar-refractivity contribution in [3.8, 4) is 0 Å². The van der Waals surface area contributed by atoms with Crippen LogP contribution >= 0.6 is 0 Å². The zero-order valence-corrected chi connectivity index (χ0v) is 20.6. The highest BCUT2D eigenvalue weighted by atomic mass is 16.6. The molecule has 4 aliphatic carbocycles. The van der Waals surface area contributed by atoms with Crippen LogP contribution in [0.2, 0.25) is 0 Å². The molecule has 0 spiro atoms. The van der Waals surface area contributed by atoms with Crippen molar-refractivity contribution in [3.05, 3.63) is 0 Å². The van der Waals surface area contributed by atoms with E-state index in [-0.39, 0.29) is 11.5 Å². The number of rotatable bonds is 6. The van der Waals surface area contributed by atoms with Crippen molar-refractivity contribution < 1.29 is 15.1 Å². The van der Waals surface area contributed by atoms with Crippen LogP contribution in [0.3, 0.4) is 0 Å². The Balaban J connectivity index is 1.46. The molecule has 4 rings (SSSR count). The molecular formula is C26H46N2O3. The molecule has 0 aromatic heterocycles. The van der Waals surface area contributed by atoms with E-state index in [4.69, 9.17) is 4.84 Å². The summed E-state index contributed by atoms with van der Waals surface area (Å²) in [5.41, 5.74) is 0.797. The fourth-order valence-corrected chi connectivity index (χ4v) is 8.41. The van der Waals surface area contributed by atoms with Crippen LogP contribution in [0.1, 0.15) is 85.0 Å². The molecule has 5 nitrogen and oxygen atoms in total. The van der Waals surface area contributed by atoms with Crippen molar-refractivity contribution in [1.82, 2.24) is 4.90 Å². The van der Waals surface area contributed by atoms with Crippen LogP contribution in [0.5, 0.6) is 0 Å². The minimum atomic E-state index is -0.545. The molecule has 178 valence electrons. The van der Waals surface area contributed by atoms with Crippen molar-refractivity contribution in [2.45, 2.75) is 96.7 Å². The van der Waals surface area contributed by atoms with Crippen molar-refractivity contribution in [3.63, 3.8) is 0 Å². The van der Waals surface area contributed by atoms with Crippen LogP contribution in [-0.4, -0.2) is 59.8 Å². The maximum absolute atomic E-state index is 12.3. The number of fused-ring (bicyclic) bond motifs is 5. The van der Waals surface area contributed by atoms with E-state index >= 15 is 0 Å². The highest BCUT2D eigenvalue weighted by Crippen LogP contribution is 2.69. The van der Waals surface area contributed by atoms with Crippen LogP contribution in [0, 0.1) is 34.5 Å². The number of oxime groups is 1. The molecule has 0 bridgehead atoms. The summed E-state index contributed by atoms with van der Waals surface area (Å²) in [7, 11) is 4.08. The van der Waals surface area contributed by atoms with E-state index in [1.54, 1.807) is 0 Å². The molecular weight excluding hydrogens is 388 g/mol. The molecule has 0 amide bonds. The van der Waals surface area contributed by atoms with Gasteiger partial charge in [0.2, 0.25) is 0 Å². The number of likely N-dealkylation sites (N-methyl/N-ethyl adjacent to an activating group) is 1. The Morgan fingerprint density at radius 3 is 2.55 bits per heavy atom. The molecule has 0 aromatic rings. The largest absolute Gasteiger partial charge is 0.394 e. The monoisotopic (exact) mass is 434 g/mol.